The number of aromatic nitrogens is 1. The van der Waals surface area contributed by atoms with Gasteiger partial charge in [0.25, 0.3) is 5.91 Å². The van der Waals surface area contributed by atoms with Gasteiger partial charge in [0.2, 0.25) is 11.7 Å². The zero-order chi connectivity index (χ0) is 24.5. The van der Waals surface area contributed by atoms with Gasteiger partial charge in [0.1, 0.15) is 18.7 Å². The maximum Gasteiger partial charge on any atom is 0.408 e. The number of ketones is 1. The van der Waals surface area contributed by atoms with Crippen molar-refractivity contribution in [3.8, 4) is 0 Å². The number of alkyl carbamates (subject to hydrolysis) is 1. The number of carbonyl (C=O) groups is 4. The molecule has 10 heteroatoms. The maximum atomic E-state index is 13.1. The molecule has 34 heavy (non-hydrogen) atoms. The summed E-state index contributed by atoms with van der Waals surface area (Å²) < 4.78 is 9.61. The number of ether oxygens (including phenoxy) is 1. The number of amides is 3. The molecule has 1 aliphatic rings. The van der Waals surface area contributed by atoms with Gasteiger partial charge in [-0.3, -0.25) is 14.4 Å². The number of fused-ring (bicyclic) bond motifs is 2. The first kappa shape index (κ1) is 25.4. The Morgan fingerprint density at radius 1 is 1.24 bits per heavy atom. The molecule has 2 atom stereocenters. The van der Waals surface area contributed by atoms with Crippen molar-refractivity contribution in [1.82, 2.24) is 20.3 Å². The lowest BCUT2D eigenvalue weighted by Crippen LogP contribution is -2.55. The van der Waals surface area contributed by atoms with Crippen molar-refractivity contribution in [1.29, 1.82) is 0 Å². The van der Waals surface area contributed by atoms with Gasteiger partial charge < -0.3 is 20.7 Å². The first-order valence-corrected chi connectivity index (χ1v) is 12.1. The third-order valence-corrected chi connectivity index (χ3v) is 6.17. The highest BCUT2D eigenvalue weighted by molar-refractivity contribution is 7.05. The summed E-state index contributed by atoms with van der Waals surface area (Å²) in [5.41, 5.74) is 1.46. The Hall–Kier alpha value is -3.27. The topological polar surface area (TPSA) is 126 Å². The second kappa shape index (κ2) is 12.3. The summed E-state index contributed by atoms with van der Waals surface area (Å²) in [6.07, 6.45) is 1.15. The van der Waals surface area contributed by atoms with Crippen LogP contribution in [0.25, 0.3) is 0 Å². The summed E-state index contributed by atoms with van der Waals surface area (Å²) >= 11 is 1.35. The normalized spacial score (nSPS) is 17.3. The number of hydrogen-bond donors (Lipinski definition) is 3. The average Bonchev–Trinajstić information content (AvgIpc) is 3.25. The number of rotatable bonds is 7. The Morgan fingerprint density at radius 2 is 2.00 bits per heavy atom. The summed E-state index contributed by atoms with van der Waals surface area (Å²) in [5.74, 6) is -1.95. The van der Waals surface area contributed by atoms with Gasteiger partial charge in [-0.25, -0.2) is 4.79 Å². The van der Waals surface area contributed by atoms with Crippen LogP contribution >= 0.6 is 11.5 Å². The number of Topliss-reactive ketones (excluding diaryl/α,β-unsaturated/α-hetero) is 1. The Bertz CT molecular complexity index is 1010. The summed E-state index contributed by atoms with van der Waals surface area (Å²) in [4.78, 5) is 51.7. The van der Waals surface area contributed by atoms with Crippen LogP contribution in [0.5, 0.6) is 0 Å². The molecular formula is C24H30N4O5S. The molecule has 2 bridgehead atoms. The molecule has 1 aromatic carbocycles. The Balaban J connectivity index is 1.68. The number of nitrogens with zero attached hydrogens (tertiary/aromatic N) is 1. The zero-order valence-electron chi connectivity index (χ0n) is 19.3. The predicted molar refractivity (Wildman–Crippen MR) is 127 cm³/mol. The third kappa shape index (κ3) is 7.65. The first-order valence-electron chi connectivity index (χ1n) is 11.4. The van der Waals surface area contributed by atoms with E-state index in [2.05, 4.69) is 20.3 Å². The molecule has 3 rings (SSSR count). The average molecular weight is 487 g/mol. The Morgan fingerprint density at radius 3 is 2.74 bits per heavy atom. The van der Waals surface area contributed by atoms with E-state index in [1.165, 1.54) is 11.5 Å². The van der Waals surface area contributed by atoms with Crippen LogP contribution in [0.3, 0.4) is 0 Å². The van der Waals surface area contributed by atoms with Gasteiger partial charge in [0, 0.05) is 17.8 Å². The Kier molecular flexibility index (Phi) is 9.15. The largest absolute Gasteiger partial charge is 0.445 e. The Labute approximate surface area is 202 Å². The monoisotopic (exact) mass is 486 g/mol. The number of hydrogen-bond acceptors (Lipinski definition) is 7. The number of aryl methyl sites for hydroxylation is 1. The summed E-state index contributed by atoms with van der Waals surface area (Å²) in [7, 11) is 0. The van der Waals surface area contributed by atoms with Crippen LogP contribution in [-0.4, -0.2) is 46.7 Å². The van der Waals surface area contributed by atoms with Crippen molar-refractivity contribution in [3.05, 3.63) is 52.5 Å². The van der Waals surface area contributed by atoms with Crippen LogP contribution in [-0.2, 0) is 38.6 Å². The fourth-order valence-corrected chi connectivity index (χ4v) is 4.37. The van der Waals surface area contributed by atoms with Crippen molar-refractivity contribution in [2.45, 2.75) is 58.2 Å². The minimum absolute atomic E-state index is 0.0656. The highest BCUT2D eigenvalue weighted by Gasteiger charge is 2.31. The lowest BCUT2D eigenvalue weighted by Gasteiger charge is -2.23. The molecule has 0 aliphatic carbocycles. The highest BCUT2D eigenvalue weighted by atomic mass is 32.1. The standard InChI is InChI=1S/C24H30N4O5S/c1-15(2)11-20(27-24(32)33-14-16-7-4-3-5-8-16)22(30)26-19-13-17-12-18(34-28-17)9-6-10-25-23(31)21(19)29/h3-5,7-8,12,15,19-20H,6,9-11,13-14H2,1-2H3,(H,25,31)(H,26,30)(H,27,32). The predicted octanol–water partition coefficient (Wildman–Crippen LogP) is 2.14. The van der Waals surface area contributed by atoms with E-state index >= 15 is 0 Å². The zero-order valence-corrected chi connectivity index (χ0v) is 20.2. The number of carbonyl (C=O) groups excluding carboxylic acids is 4. The molecule has 0 spiro atoms. The van der Waals surface area contributed by atoms with Crippen molar-refractivity contribution < 1.29 is 23.9 Å². The van der Waals surface area contributed by atoms with E-state index in [0.717, 1.165) is 16.9 Å². The van der Waals surface area contributed by atoms with Crippen molar-refractivity contribution >= 4 is 35.2 Å². The molecule has 0 saturated carbocycles. The van der Waals surface area contributed by atoms with Crippen LogP contribution in [0.2, 0.25) is 0 Å². The van der Waals surface area contributed by atoms with Gasteiger partial charge in [-0.05, 0) is 48.3 Å². The fourth-order valence-electron chi connectivity index (χ4n) is 3.58. The van der Waals surface area contributed by atoms with Gasteiger partial charge in [-0.2, -0.15) is 4.37 Å². The van der Waals surface area contributed by atoms with E-state index < -0.39 is 35.8 Å². The van der Waals surface area contributed by atoms with Gasteiger partial charge in [0.15, 0.2) is 0 Å². The summed E-state index contributed by atoms with van der Waals surface area (Å²) in [5, 5.41) is 7.87. The van der Waals surface area contributed by atoms with Crippen LogP contribution in [0, 0.1) is 5.92 Å². The molecule has 0 radical (unpaired) electrons. The maximum absolute atomic E-state index is 13.1. The third-order valence-electron chi connectivity index (χ3n) is 5.29. The molecule has 0 fully saturated rings. The van der Waals surface area contributed by atoms with Crippen molar-refractivity contribution in [3.63, 3.8) is 0 Å². The highest BCUT2D eigenvalue weighted by Crippen LogP contribution is 2.15. The molecule has 2 aromatic rings. The molecule has 3 amide bonds. The van der Waals surface area contributed by atoms with E-state index in [-0.39, 0.29) is 18.9 Å². The van der Waals surface area contributed by atoms with E-state index in [1.54, 1.807) is 0 Å². The lowest BCUT2D eigenvalue weighted by molar-refractivity contribution is -0.140. The van der Waals surface area contributed by atoms with Crippen LogP contribution in [0.1, 0.15) is 42.8 Å². The summed E-state index contributed by atoms with van der Waals surface area (Å²) in [6, 6.07) is 9.08. The minimum atomic E-state index is -1.09. The molecule has 2 heterocycles. The molecule has 0 saturated heterocycles. The molecule has 1 aliphatic heterocycles. The minimum Gasteiger partial charge on any atom is -0.445 e. The molecular weight excluding hydrogens is 456 g/mol. The second-order valence-corrected chi connectivity index (χ2v) is 9.55. The lowest BCUT2D eigenvalue weighted by atomic mass is 10.0. The van der Waals surface area contributed by atoms with Crippen LogP contribution in [0.15, 0.2) is 36.4 Å². The van der Waals surface area contributed by atoms with E-state index in [1.807, 2.05) is 50.2 Å². The van der Waals surface area contributed by atoms with E-state index in [9.17, 15) is 19.2 Å². The van der Waals surface area contributed by atoms with Gasteiger partial charge in [-0.1, -0.05) is 44.2 Å². The fraction of sp³-hybridized carbons (Fsp3) is 0.458. The molecule has 182 valence electrons. The van der Waals surface area contributed by atoms with Crippen LogP contribution in [0.4, 0.5) is 4.79 Å². The molecule has 2 unspecified atom stereocenters. The van der Waals surface area contributed by atoms with Gasteiger partial charge >= 0.3 is 6.09 Å². The van der Waals surface area contributed by atoms with E-state index in [4.69, 9.17) is 4.74 Å². The first-order chi connectivity index (χ1) is 16.3. The van der Waals surface area contributed by atoms with Gasteiger partial charge in [-0.15, -0.1) is 0 Å². The summed E-state index contributed by atoms with van der Waals surface area (Å²) in [6.45, 7) is 4.26. The SMILES string of the molecule is CC(C)CC(NC(=O)OCc1ccccc1)C(=O)NC1Cc2cc(sn2)CCCNC(=O)C1=O. The van der Waals surface area contributed by atoms with Crippen molar-refractivity contribution in [2.75, 3.05) is 6.54 Å². The smallest absolute Gasteiger partial charge is 0.408 e. The van der Waals surface area contributed by atoms with E-state index in [0.29, 0.717) is 25.1 Å². The quantitative estimate of drug-likeness (QED) is 0.515. The second-order valence-electron chi connectivity index (χ2n) is 8.66. The van der Waals surface area contributed by atoms with Crippen LogP contribution < -0.4 is 16.0 Å². The molecule has 3 N–H and O–H groups in total. The molecule has 1 aromatic heterocycles. The van der Waals surface area contributed by atoms with Crippen molar-refractivity contribution in [2.24, 2.45) is 5.92 Å². The molecule has 9 nitrogen and oxygen atoms in total. The number of nitrogens with one attached hydrogen (secondary N) is 3. The number of benzene rings is 1. The van der Waals surface area contributed by atoms with Gasteiger partial charge in [0.05, 0.1) is 5.69 Å².